The normalized spacial score (nSPS) is 18.3. The molecule has 0 aliphatic carbocycles. The van der Waals surface area contributed by atoms with Crippen molar-refractivity contribution in [3.05, 3.63) is 41.5 Å². The Hall–Kier alpha value is -1.82. The second-order valence-corrected chi connectivity index (χ2v) is 7.53. The molecule has 0 spiro atoms. The van der Waals surface area contributed by atoms with E-state index in [1.807, 2.05) is 10.7 Å². The molecule has 1 aromatic carbocycles. The first kappa shape index (κ1) is 17.0. The number of nitrogens with zero attached hydrogens (tertiary/aromatic N) is 5. The van der Waals surface area contributed by atoms with Crippen molar-refractivity contribution in [1.82, 2.24) is 25.1 Å². The predicted molar refractivity (Wildman–Crippen MR) is 91.1 cm³/mol. The van der Waals surface area contributed by atoms with Crippen LogP contribution in [0.5, 0.6) is 0 Å². The third-order valence-electron chi connectivity index (χ3n) is 4.54. The lowest BCUT2D eigenvalue weighted by molar-refractivity contribution is 0.208. The molecule has 0 N–H and O–H groups in total. The van der Waals surface area contributed by atoms with Gasteiger partial charge < -0.3 is 0 Å². The second kappa shape index (κ2) is 6.97. The van der Waals surface area contributed by atoms with E-state index in [-0.39, 0.29) is 17.4 Å². The standard InChI is InChI=1S/C18H26FN5/c1-18(2,3)24-17(20-21-22-24)16(14-9-8-10-15(19)13-14)23-11-6-4-5-7-12-23/h8-10,13,16H,4-7,11-12H2,1-3H3. The molecule has 0 bridgehead atoms. The largest absolute Gasteiger partial charge is 0.290 e. The van der Waals surface area contributed by atoms with E-state index in [0.717, 1.165) is 37.3 Å². The van der Waals surface area contributed by atoms with Crippen molar-refractivity contribution in [1.29, 1.82) is 0 Å². The minimum atomic E-state index is -0.226. The highest BCUT2D eigenvalue weighted by Crippen LogP contribution is 2.31. The van der Waals surface area contributed by atoms with Crippen LogP contribution in [-0.4, -0.2) is 38.2 Å². The Morgan fingerprint density at radius 2 is 1.79 bits per heavy atom. The lowest BCUT2D eigenvalue weighted by atomic mass is 10.0. The van der Waals surface area contributed by atoms with Crippen LogP contribution >= 0.6 is 0 Å². The van der Waals surface area contributed by atoms with Gasteiger partial charge >= 0.3 is 0 Å². The minimum absolute atomic E-state index is 0.118. The van der Waals surface area contributed by atoms with Gasteiger partial charge in [-0.2, -0.15) is 0 Å². The number of tetrazole rings is 1. The summed E-state index contributed by atoms with van der Waals surface area (Å²) in [5.41, 5.74) is 0.688. The van der Waals surface area contributed by atoms with Crippen molar-refractivity contribution in [3.8, 4) is 0 Å². The Balaban J connectivity index is 2.07. The van der Waals surface area contributed by atoms with E-state index in [1.54, 1.807) is 12.1 Å². The van der Waals surface area contributed by atoms with Crippen molar-refractivity contribution in [2.45, 2.75) is 58.0 Å². The van der Waals surface area contributed by atoms with Gasteiger partial charge in [-0.05, 0) is 74.8 Å². The van der Waals surface area contributed by atoms with E-state index in [1.165, 1.54) is 18.9 Å². The molecule has 6 heteroatoms. The van der Waals surface area contributed by atoms with Crippen molar-refractivity contribution in [2.24, 2.45) is 0 Å². The van der Waals surface area contributed by atoms with Crippen molar-refractivity contribution in [2.75, 3.05) is 13.1 Å². The summed E-state index contributed by atoms with van der Waals surface area (Å²) in [6.45, 7) is 8.21. The fourth-order valence-electron chi connectivity index (χ4n) is 3.40. The average Bonchev–Trinajstić information content (AvgIpc) is 2.85. The Bertz CT molecular complexity index is 668. The van der Waals surface area contributed by atoms with Crippen LogP contribution in [0, 0.1) is 5.82 Å². The maximum atomic E-state index is 13.9. The smallest absolute Gasteiger partial charge is 0.173 e. The van der Waals surface area contributed by atoms with Gasteiger partial charge in [0.25, 0.3) is 0 Å². The molecule has 130 valence electrons. The summed E-state index contributed by atoms with van der Waals surface area (Å²) in [6, 6.07) is 6.71. The molecule has 1 aromatic heterocycles. The molecule has 1 fully saturated rings. The number of likely N-dealkylation sites (tertiary alicyclic amines) is 1. The topological polar surface area (TPSA) is 46.8 Å². The molecule has 2 heterocycles. The Morgan fingerprint density at radius 3 is 2.42 bits per heavy atom. The van der Waals surface area contributed by atoms with E-state index in [4.69, 9.17) is 0 Å². The summed E-state index contributed by atoms with van der Waals surface area (Å²) in [6.07, 6.45) is 4.80. The number of hydrogen-bond acceptors (Lipinski definition) is 4. The SMILES string of the molecule is CC(C)(C)n1nnnc1C(c1cccc(F)c1)N1CCCCCC1. The highest BCUT2D eigenvalue weighted by Gasteiger charge is 2.31. The zero-order valence-electron chi connectivity index (χ0n) is 14.7. The molecular formula is C18H26FN5. The fourth-order valence-corrected chi connectivity index (χ4v) is 3.40. The Labute approximate surface area is 142 Å². The number of rotatable bonds is 3. The van der Waals surface area contributed by atoms with Gasteiger partial charge in [-0.15, -0.1) is 5.10 Å². The third-order valence-corrected chi connectivity index (χ3v) is 4.54. The second-order valence-electron chi connectivity index (χ2n) is 7.53. The quantitative estimate of drug-likeness (QED) is 0.863. The monoisotopic (exact) mass is 331 g/mol. The highest BCUT2D eigenvalue weighted by molar-refractivity contribution is 5.26. The maximum Gasteiger partial charge on any atom is 0.173 e. The van der Waals surface area contributed by atoms with Gasteiger partial charge in [-0.1, -0.05) is 25.0 Å². The zero-order chi connectivity index (χ0) is 17.2. The third kappa shape index (κ3) is 3.64. The van der Waals surface area contributed by atoms with Crippen LogP contribution in [0.2, 0.25) is 0 Å². The molecule has 1 unspecified atom stereocenters. The van der Waals surface area contributed by atoms with Crippen LogP contribution in [0.25, 0.3) is 0 Å². The molecule has 1 atom stereocenters. The van der Waals surface area contributed by atoms with Gasteiger partial charge in [-0.3, -0.25) is 4.90 Å². The van der Waals surface area contributed by atoms with Gasteiger partial charge in [0.15, 0.2) is 5.82 Å². The first-order valence-corrected chi connectivity index (χ1v) is 8.75. The molecular weight excluding hydrogens is 305 g/mol. The van der Waals surface area contributed by atoms with E-state index < -0.39 is 0 Å². The molecule has 0 radical (unpaired) electrons. The lowest BCUT2D eigenvalue weighted by Crippen LogP contribution is -2.35. The lowest BCUT2D eigenvalue weighted by Gasteiger charge is -2.32. The molecule has 5 nitrogen and oxygen atoms in total. The van der Waals surface area contributed by atoms with Crippen LogP contribution in [0.1, 0.15) is 63.9 Å². The maximum absolute atomic E-state index is 13.9. The Morgan fingerprint density at radius 1 is 1.08 bits per heavy atom. The van der Waals surface area contributed by atoms with Gasteiger partial charge in [0.05, 0.1) is 11.6 Å². The molecule has 24 heavy (non-hydrogen) atoms. The van der Waals surface area contributed by atoms with E-state index >= 15 is 0 Å². The van der Waals surface area contributed by atoms with Crippen molar-refractivity contribution < 1.29 is 4.39 Å². The first-order chi connectivity index (χ1) is 11.5. The molecule has 1 aliphatic rings. The minimum Gasteiger partial charge on any atom is -0.290 e. The fraction of sp³-hybridized carbons (Fsp3) is 0.611. The van der Waals surface area contributed by atoms with Crippen LogP contribution in [0.15, 0.2) is 24.3 Å². The molecule has 3 rings (SSSR count). The summed E-state index contributed by atoms with van der Waals surface area (Å²) in [4.78, 5) is 2.40. The van der Waals surface area contributed by atoms with E-state index in [9.17, 15) is 4.39 Å². The van der Waals surface area contributed by atoms with Crippen molar-refractivity contribution in [3.63, 3.8) is 0 Å². The summed E-state index contributed by atoms with van der Waals surface area (Å²) < 4.78 is 15.7. The molecule has 0 saturated carbocycles. The number of benzene rings is 1. The zero-order valence-corrected chi connectivity index (χ0v) is 14.7. The summed E-state index contributed by atoms with van der Waals surface area (Å²) in [5, 5.41) is 12.5. The van der Waals surface area contributed by atoms with Crippen molar-refractivity contribution >= 4 is 0 Å². The molecule has 1 aliphatic heterocycles. The summed E-state index contributed by atoms with van der Waals surface area (Å²) >= 11 is 0. The highest BCUT2D eigenvalue weighted by atomic mass is 19.1. The molecule has 1 saturated heterocycles. The number of halogens is 1. The average molecular weight is 331 g/mol. The molecule has 0 amide bonds. The van der Waals surface area contributed by atoms with E-state index in [2.05, 4.69) is 41.2 Å². The summed E-state index contributed by atoms with van der Waals surface area (Å²) in [5.74, 6) is 0.567. The van der Waals surface area contributed by atoms with Crippen LogP contribution in [0.3, 0.4) is 0 Å². The van der Waals surface area contributed by atoms with Crippen LogP contribution < -0.4 is 0 Å². The first-order valence-electron chi connectivity index (χ1n) is 8.75. The predicted octanol–water partition coefficient (Wildman–Crippen LogP) is 3.53. The molecule has 2 aromatic rings. The summed E-state index contributed by atoms with van der Waals surface area (Å²) in [7, 11) is 0. The van der Waals surface area contributed by atoms with Gasteiger partial charge in [-0.25, -0.2) is 9.07 Å². The number of hydrogen-bond donors (Lipinski definition) is 0. The number of aromatic nitrogens is 4. The van der Waals surface area contributed by atoms with Crippen LogP contribution in [-0.2, 0) is 5.54 Å². The van der Waals surface area contributed by atoms with Crippen LogP contribution in [0.4, 0.5) is 4.39 Å². The van der Waals surface area contributed by atoms with Gasteiger partial charge in [0, 0.05) is 0 Å². The Kier molecular flexibility index (Phi) is 4.94. The van der Waals surface area contributed by atoms with E-state index in [0.29, 0.717) is 0 Å². The van der Waals surface area contributed by atoms with Gasteiger partial charge in [0.1, 0.15) is 5.82 Å². The van der Waals surface area contributed by atoms with Gasteiger partial charge in [0.2, 0.25) is 0 Å².